The summed E-state index contributed by atoms with van der Waals surface area (Å²) in [5, 5.41) is 8.43. The molecule has 5 rings (SSSR count). The van der Waals surface area contributed by atoms with E-state index in [0.717, 1.165) is 11.1 Å². The number of rotatable bonds is 10. The number of hydrogen-bond donors (Lipinski definition) is 1. The molecule has 0 saturated carbocycles. The summed E-state index contributed by atoms with van der Waals surface area (Å²) in [5.74, 6) is 0.928. The lowest BCUT2D eigenvalue weighted by atomic mass is 9.87. The number of allylic oxidation sites excluding steroid dienone is 1. The monoisotopic (exact) mass is 600 g/mol. The molecule has 1 unspecified atom stereocenters. The van der Waals surface area contributed by atoms with Crippen LogP contribution in [0.4, 0.5) is 10.3 Å². The molecular formula is C34H37FN4O3S. The first-order valence-corrected chi connectivity index (χ1v) is 15.4. The molecule has 3 aromatic carbocycles. The minimum Gasteiger partial charge on any atom is -0.489 e. The van der Waals surface area contributed by atoms with E-state index in [1.54, 1.807) is 22.9 Å². The van der Waals surface area contributed by atoms with Crippen molar-refractivity contribution >= 4 is 23.7 Å². The highest BCUT2D eigenvalue weighted by Crippen LogP contribution is 2.38. The van der Waals surface area contributed by atoms with E-state index in [1.165, 1.54) is 23.4 Å². The first-order valence-electron chi connectivity index (χ1n) is 14.4. The SMILES string of the molecule is CCCOC(=O)C1=C(C)Nc2nc(SCc3ccccc3F)nn2C1c1ccc(OCc2ccc(C(C)(C)C)cc2)cc1. The predicted octanol–water partition coefficient (Wildman–Crippen LogP) is 7.83. The molecule has 9 heteroatoms. The fourth-order valence-electron chi connectivity index (χ4n) is 4.81. The van der Waals surface area contributed by atoms with Crippen LogP contribution in [-0.2, 0) is 27.3 Å². The Balaban J connectivity index is 1.38. The van der Waals surface area contributed by atoms with Crippen LogP contribution in [-0.4, -0.2) is 27.3 Å². The number of anilines is 1. The molecule has 0 saturated heterocycles. The molecule has 224 valence electrons. The van der Waals surface area contributed by atoms with Gasteiger partial charge in [-0.3, -0.25) is 0 Å². The van der Waals surface area contributed by atoms with Crippen molar-refractivity contribution in [1.82, 2.24) is 14.8 Å². The number of esters is 1. The van der Waals surface area contributed by atoms with Gasteiger partial charge in [-0.2, -0.15) is 4.98 Å². The summed E-state index contributed by atoms with van der Waals surface area (Å²) in [6, 6.07) is 22.3. The Labute approximate surface area is 256 Å². The Morgan fingerprint density at radius 3 is 2.44 bits per heavy atom. The zero-order valence-corrected chi connectivity index (χ0v) is 26.0. The summed E-state index contributed by atoms with van der Waals surface area (Å²) in [6.45, 7) is 11.1. The van der Waals surface area contributed by atoms with Crippen LogP contribution in [0.5, 0.6) is 5.75 Å². The molecule has 1 aromatic heterocycles. The quantitative estimate of drug-likeness (QED) is 0.147. The van der Waals surface area contributed by atoms with Crippen molar-refractivity contribution in [2.75, 3.05) is 11.9 Å². The second-order valence-corrected chi connectivity index (χ2v) is 12.5. The average molecular weight is 601 g/mol. The van der Waals surface area contributed by atoms with Crippen molar-refractivity contribution in [3.63, 3.8) is 0 Å². The number of halogens is 1. The van der Waals surface area contributed by atoms with E-state index in [0.29, 0.717) is 59.1 Å². The van der Waals surface area contributed by atoms with Crippen molar-refractivity contribution in [2.45, 2.75) is 70.0 Å². The van der Waals surface area contributed by atoms with Crippen LogP contribution in [0.15, 0.2) is 89.2 Å². The normalized spacial score (nSPS) is 14.7. The summed E-state index contributed by atoms with van der Waals surface area (Å²) in [4.78, 5) is 17.9. The van der Waals surface area contributed by atoms with Gasteiger partial charge < -0.3 is 14.8 Å². The van der Waals surface area contributed by atoms with Crippen molar-refractivity contribution in [3.05, 3.63) is 112 Å². The Bertz CT molecular complexity index is 1610. The first-order chi connectivity index (χ1) is 20.6. The van der Waals surface area contributed by atoms with Gasteiger partial charge in [-0.15, -0.1) is 5.10 Å². The second kappa shape index (κ2) is 13.0. The lowest BCUT2D eigenvalue weighted by Crippen LogP contribution is -2.29. The molecule has 0 radical (unpaired) electrons. The van der Waals surface area contributed by atoms with Gasteiger partial charge in [-0.05, 0) is 59.2 Å². The van der Waals surface area contributed by atoms with Gasteiger partial charge in [0.1, 0.15) is 24.2 Å². The van der Waals surface area contributed by atoms with Gasteiger partial charge in [0.25, 0.3) is 0 Å². The maximum absolute atomic E-state index is 14.2. The van der Waals surface area contributed by atoms with E-state index >= 15 is 0 Å². The number of nitrogens with zero attached hydrogens (tertiary/aromatic N) is 3. The summed E-state index contributed by atoms with van der Waals surface area (Å²) in [7, 11) is 0. The lowest BCUT2D eigenvalue weighted by Gasteiger charge is -2.28. The number of carbonyl (C=O) groups excluding carboxylic acids is 1. The third-order valence-electron chi connectivity index (χ3n) is 7.23. The fourth-order valence-corrected chi connectivity index (χ4v) is 5.62. The van der Waals surface area contributed by atoms with Gasteiger partial charge in [0, 0.05) is 11.4 Å². The molecular weight excluding hydrogens is 563 g/mol. The number of fused-ring (bicyclic) bond motifs is 1. The largest absolute Gasteiger partial charge is 0.489 e. The molecule has 0 fully saturated rings. The number of carbonyl (C=O) groups is 1. The van der Waals surface area contributed by atoms with Crippen molar-refractivity contribution in [1.29, 1.82) is 0 Å². The number of hydrogen-bond acceptors (Lipinski definition) is 7. The highest BCUT2D eigenvalue weighted by molar-refractivity contribution is 7.98. The zero-order valence-electron chi connectivity index (χ0n) is 25.2. The molecule has 0 spiro atoms. The van der Waals surface area contributed by atoms with E-state index in [-0.39, 0.29) is 11.2 Å². The lowest BCUT2D eigenvalue weighted by molar-refractivity contribution is -0.139. The van der Waals surface area contributed by atoms with Crippen molar-refractivity contribution in [3.8, 4) is 5.75 Å². The summed E-state index contributed by atoms with van der Waals surface area (Å²) in [5.41, 5.74) is 4.98. The second-order valence-electron chi connectivity index (χ2n) is 11.5. The Morgan fingerprint density at radius 1 is 1.05 bits per heavy atom. The van der Waals surface area contributed by atoms with Crippen LogP contribution in [0.2, 0.25) is 0 Å². The molecule has 43 heavy (non-hydrogen) atoms. The van der Waals surface area contributed by atoms with Gasteiger partial charge in [0.15, 0.2) is 0 Å². The Kier molecular flexibility index (Phi) is 9.20. The smallest absolute Gasteiger partial charge is 0.338 e. The molecule has 4 aromatic rings. The molecule has 1 N–H and O–H groups in total. The zero-order chi connectivity index (χ0) is 30.6. The van der Waals surface area contributed by atoms with Gasteiger partial charge >= 0.3 is 5.97 Å². The van der Waals surface area contributed by atoms with Gasteiger partial charge in [0.2, 0.25) is 11.1 Å². The maximum atomic E-state index is 14.2. The van der Waals surface area contributed by atoms with E-state index in [4.69, 9.17) is 14.6 Å². The third-order valence-corrected chi connectivity index (χ3v) is 8.11. The Morgan fingerprint density at radius 2 is 1.77 bits per heavy atom. The molecule has 1 atom stereocenters. The first kappa shape index (κ1) is 30.4. The van der Waals surface area contributed by atoms with Gasteiger partial charge in [-0.1, -0.05) is 94.1 Å². The van der Waals surface area contributed by atoms with Crippen LogP contribution in [0.25, 0.3) is 0 Å². The highest BCUT2D eigenvalue weighted by atomic mass is 32.2. The highest BCUT2D eigenvalue weighted by Gasteiger charge is 2.35. The van der Waals surface area contributed by atoms with E-state index in [2.05, 4.69) is 55.3 Å². The van der Waals surface area contributed by atoms with Gasteiger partial charge in [0.05, 0.1) is 12.2 Å². The fraction of sp³-hybridized carbons (Fsp3) is 0.324. The minimum atomic E-state index is -0.560. The van der Waals surface area contributed by atoms with Crippen LogP contribution >= 0.6 is 11.8 Å². The average Bonchev–Trinajstić information content (AvgIpc) is 3.40. The van der Waals surface area contributed by atoms with Crippen molar-refractivity contribution < 1.29 is 18.7 Å². The number of ether oxygens (including phenoxy) is 2. The number of nitrogens with one attached hydrogen (secondary N) is 1. The van der Waals surface area contributed by atoms with Gasteiger partial charge in [-0.25, -0.2) is 13.9 Å². The third kappa shape index (κ3) is 7.10. The molecule has 1 aliphatic rings. The van der Waals surface area contributed by atoms with E-state index < -0.39 is 12.0 Å². The number of benzene rings is 3. The molecule has 0 aliphatic carbocycles. The molecule has 1 aliphatic heterocycles. The standard InChI is InChI=1S/C34H37FN4O3S/c1-6-19-41-31(40)29-22(2)36-32-37-33(43-21-25-9-7-8-10-28(25)35)38-39(32)30(29)24-13-17-27(18-14-24)42-20-23-11-15-26(16-12-23)34(3,4)5/h7-18,30H,6,19-21H2,1-5H3,(H,36,37,38). The van der Waals surface area contributed by atoms with E-state index in [9.17, 15) is 9.18 Å². The Hall–Kier alpha value is -4.11. The topological polar surface area (TPSA) is 78.3 Å². The summed E-state index contributed by atoms with van der Waals surface area (Å²) >= 11 is 1.33. The van der Waals surface area contributed by atoms with Crippen LogP contribution in [0, 0.1) is 5.82 Å². The van der Waals surface area contributed by atoms with E-state index in [1.807, 2.05) is 38.1 Å². The molecule has 0 amide bonds. The molecule has 7 nitrogen and oxygen atoms in total. The van der Waals surface area contributed by atoms with Crippen molar-refractivity contribution in [2.24, 2.45) is 0 Å². The van der Waals surface area contributed by atoms with Crippen LogP contribution < -0.4 is 10.1 Å². The summed E-state index contributed by atoms with van der Waals surface area (Å²) < 4.78 is 27.5. The van der Waals surface area contributed by atoms with Crippen LogP contribution in [0.3, 0.4) is 0 Å². The molecule has 2 heterocycles. The predicted molar refractivity (Wildman–Crippen MR) is 168 cm³/mol. The minimum absolute atomic E-state index is 0.0989. The number of aromatic nitrogens is 3. The maximum Gasteiger partial charge on any atom is 0.338 e. The number of thioether (sulfide) groups is 1. The van der Waals surface area contributed by atoms with Crippen LogP contribution in [0.1, 0.15) is 69.3 Å². The summed E-state index contributed by atoms with van der Waals surface area (Å²) in [6.07, 6.45) is 0.715. The molecule has 0 bridgehead atoms.